The summed E-state index contributed by atoms with van der Waals surface area (Å²) in [7, 11) is 0. The van der Waals surface area contributed by atoms with E-state index >= 15 is 0 Å². The standard InChI is InChI=1S/C20H25N3O2/c1-2-9-21-19(24)15-22-10-12-23(13-11-22)20(25)18-8-7-16-5-3-4-6-17(16)14-18/h3-8,14H,2,9-13,15H2,1H3,(H,21,24)/p+1. The van der Waals surface area contributed by atoms with Crippen molar-refractivity contribution in [2.45, 2.75) is 13.3 Å². The number of nitrogens with zero attached hydrogens (tertiary/aromatic N) is 1. The van der Waals surface area contributed by atoms with E-state index in [9.17, 15) is 9.59 Å². The van der Waals surface area contributed by atoms with Crippen molar-refractivity contribution in [2.24, 2.45) is 0 Å². The Morgan fingerprint density at radius 2 is 1.80 bits per heavy atom. The number of piperazine rings is 1. The molecule has 5 heteroatoms. The van der Waals surface area contributed by atoms with Crippen LogP contribution >= 0.6 is 0 Å². The molecule has 132 valence electrons. The molecular weight excluding hydrogens is 314 g/mol. The number of hydrogen-bond donors (Lipinski definition) is 2. The zero-order chi connectivity index (χ0) is 17.6. The zero-order valence-corrected chi connectivity index (χ0v) is 14.8. The zero-order valence-electron chi connectivity index (χ0n) is 14.8. The normalized spacial score (nSPS) is 15.3. The first kappa shape index (κ1) is 17.4. The lowest BCUT2D eigenvalue weighted by Gasteiger charge is -2.32. The summed E-state index contributed by atoms with van der Waals surface area (Å²) in [5.74, 6) is 0.186. The molecule has 0 bridgehead atoms. The van der Waals surface area contributed by atoms with Gasteiger partial charge >= 0.3 is 0 Å². The molecule has 2 N–H and O–H groups in total. The van der Waals surface area contributed by atoms with E-state index in [0.29, 0.717) is 19.6 Å². The minimum Gasteiger partial charge on any atom is -0.351 e. The van der Waals surface area contributed by atoms with Crippen LogP contribution in [0.25, 0.3) is 10.8 Å². The van der Waals surface area contributed by atoms with Gasteiger partial charge in [-0.25, -0.2) is 0 Å². The van der Waals surface area contributed by atoms with Crippen molar-refractivity contribution in [1.29, 1.82) is 0 Å². The van der Waals surface area contributed by atoms with Crippen molar-refractivity contribution in [3.63, 3.8) is 0 Å². The van der Waals surface area contributed by atoms with Crippen LogP contribution in [0.1, 0.15) is 23.7 Å². The molecule has 0 unspecified atom stereocenters. The van der Waals surface area contributed by atoms with Crippen LogP contribution in [0.2, 0.25) is 0 Å². The lowest BCUT2D eigenvalue weighted by atomic mass is 10.1. The lowest BCUT2D eigenvalue weighted by molar-refractivity contribution is -0.896. The lowest BCUT2D eigenvalue weighted by Crippen LogP contribution is -3.15. The molecule has 0 saturated carbocycles. The van der Waals surface area contributed by atoms with Gasteiger partial charge in [0.1, 0.15) is 0 Å². The van der Waals surface area contributed by atoms with Gasteiger partial charge in [0.25, 0.3) is 11.8 Å². The van der Waals surface area contributed by atoms with Crippen molar-refractivity contribution >= 4 is 22.6 Å². The Labute approximate surface area is 148 Å². The second-order valence-corrected chi connectivity index (χ2v) is 6.63. The molecular formula is C20H26N3O2+. The molecule has 3 rings (SSSR count). The number of carbonyl (C=O) groups excluding carboxylic acids is 2. The van der Waals surface area contributed by atoms with Crippen LogP contribution in [0.4, 0.5) is 0 Å². The summed E-state index contributed by atoms with van der Waals surface area (Å²) in [4.78, 5) is 27.7. The topological polar surface area (TPSA) is 53.9 Å². The summed E-state index contributed by atoms with van der Waals surface area (Å²) in [5.41, 5.74) is 0.739. The predicted octanol–water partition coefficient (Wildman–Crippen LogP) is 0.707. The Morgan fingerprint density at radius 3 is 2.52 bits per heavy atom. The average molecular weight is 340 g/mol. The molecule has 25 heavy (non-hydrogen) atoms. The maximum Gasteiger partial charge on any atom is 0.275 e. The van der Waals surface area contributed by atoms with E-state index < -0.39 is 0 Å². The largest absolute Gasteiger partial charge is 0.351 e. The predicted molar refractivity (Wildman–Crippen MR) is 98.7 cm³/mol. The summed E-state index contributed by atoms with van der Waals surface area (Å²) in [6, 6.07) is 13.9. The number of amides is 2. The van der Waals surface area contributed by atoms with Crippen LogP contribution in [0.3, 0.4) is 0 Å². The number of nitrogens with one attached hydrogen (secondary N) is 2. The van der Waals surface area contributed by atoms with Gasteiger partial charge in [0.05, 0.1) is 26.2 Å². The summed E-state index contributed by atoms with van der Waals surface area (Å²) in [6.07, 6.45) is 0.953. The van der Waals surface area contributed by atoms with Crippen LogP contribution in [0.15, 0.2) is 42.5 Å². The highest BCUT2D eigenvalue weighted by Crippen LogP contribution is 2.17. The van der Waals surface area contributed by atoms with E-state index in [1.54, 1.807) is 0 Å². The highest BCUT2D eigenvalue weighted by Gasteiger charge is 2.25. The third-order valence-electron chi connectivity index (χ3n) is 4.74. The number of fused-ring (bicyclic) bond motifs is 1. The molecule has 0 aromatic heterocycles. The van der Waals surface area contributed by atoms with Crippen LogP contribution in [0.5, 0.6) is 0 Å². The van der Waals surface area contributed by atoms with Crippen molar-refractivity contribution in [2.75, 3.05) is 39.3 Å². The van der Waals surface area contributed by atoms with Crippen molar-refractivity contribution in [3.8, 4) is 0 Å². The molecule has 1 aliphatic rings. The molecule has 0 aliphatic carbocycles. The van der Waals surface area contributed by atoms with Crippen LogP contribution in [0, 0.1) is 0 Å². The highest BCUT2D eigenvalue weighted by atomic mass is 16.2. The number of quaternary nitrogens is 1. The summed E-state index contributed by atoms with van der Waals surface area (Å²) >= 11 is 0. The van der Waals surface area contributed by atoms with E-state index in [0.717, 1.165) is 42.4 Å². The van der Waals surface area contributed by atoms with Gasteiger partial charge in [-0.3, -0.25) is 9.59 Å². The molecule has 5 nitrogen and oxygen atoms in total. The Bertz CT molecular complexity index is 751. The molecule has 0 radical (unpaired) electrons. The fraction of sp³-hybridized carbons (Fsp3) is 0.400. The van der Waals surface area contributed by atoms with Gasteiger partial charge in [-0.1, -0.05) is 37.3 Å². The summed E-state index contributed by atoms with van der Waals surface area (Å²) < 4.78 is 0. The van der Waals surface area contributed by atoms with Crippen LogP contribution < -0.4 is 10.2 Å². The first-order chi connectivity index (χ1) is 12.2. The summed E-state index contributed by atoms with van der Waals surface area (Å²) in [6.45, 7) is 6.31. The van der Waals surface area contributed by atoms with Gasteiger partial charge in [0.2, 0.25) is 0 Å². The second kappa shape index (κ2) is 8.12. The molecule has 0 spiro atoms. The Balaban J connectivity index is 1.56. The van der Waals surface area contributed by atoms with E-state index in [1.165, 1.54) is 4.90 Å². The number of benzene rings is 2. The number of hydrogen-bond acceptors (Lipinski definition) is 2. The second-order valence-electron chi connectivity index (χ2n) is 6.63. The first-order valence-electron chi connectivity index (χ1n) is 9.05. The molecule has 1 fully saturated rings. The van der Waals surface area contributed by atoms with Crippen molar-refractivity contribution in [1.82, 2.24) is 10.2 Å². The van der Waals surface area contributed by atoms with Crippen LogP contribution in [-0.4, -0.2) is 56.0 Å². The highest BCUT2D eigenvalue weighted by molar-refractivity contribution is 5.98. The minimum atomic E-state index is 0.0836. The maximum atomic E-state index is 12.8. The molecule has 2 aromatic rings. The molecule has 1 aliphatic heterocycles. The third-order valence-corrected chi connectivity index (χ3v) is 4.74. The minimum absolute atomic E-state index is 0.0836. The van der Waals surface area contributed by atoms with E-state index in [4.69, 9.17) is 0 Å². The fourth-order valence-corrected chi connectivity index (χ4v) is 3.26. The first-order valence-corrected chi connectivity index (χ1v) is 9.05. The SMILES string of the molecule is CCCNC(=O)C[NH+]1CCN(C(=O)c2ccc3ccccc3c2)CC1. The Morgan fingerprint density at radius 1 is 1.08 bits per heavy atom. The molecule has 0 atom stereocenters. The van der Waals surface area contributed by atoms with E-state index in [1.807, 2.05) is 48.2 Å². The fourth-order valence-electron chi connectivity index (χ4n) is 3.26. The number of rotatable bonds is 5. The van der Waals surface area contributed by atoms with Gasteiger partial charge in [0, 0.05) is 12.1 Å². The van der Waals surface area contributed by atoms with Gasteiger partial charge in [-0.05, 0) is 29.3 Å². The maximum absolute atomic E-state index is 12.8. The monoisotopic (exact) mass is 340 g/mol. The summed E-state index contributed by atoms with van der Waals surface area (Å²) in [5, 5.41) is 5.15. The van der Waals surface area contributed by atoms with E-state index in [2.05, 4.69) is 11.4 Å². The quantitative estimate of drug-likeness (QED) is 0.842. The molecule has 2 amide bonds. The van der Waals surface area contributed by atoms with Crippen molar-refractivity contribution < 1.29 is 14.5 Å². The number of carbonyl (C=O) groups is 2. The molecule has 2 aromatic carbocycles. The van der Waals surface area contributed by atoms with Gasteiger partial charge in [0.15, 0.2) is 6.54 Å². The van der Waals surface area contributed by atoms with Gasteiger partial charge in [-0.2, -0.15) is 0 Å². The van der Waals surface area contributed by atoms with Gasteiger partial charge < -0.3 is 15.1 Å². The molecule has 1 heterocycles. The Hall–Kier alpha value is -2.40. The molecule has 1 saturated heterocycles. The van der Waals surface area contributed by atoms with Crippen LogP contribution in [-0.2, 0) is 4.79 Å². The van der Waals surface area contributed by atoms with E-state index in [-0.39, 0.29) is 11.8 Å². The average Bonchev–Trinajstić information content (AvgIpc) is 2.66. The third kappa shape index (κ3) is 4.37. The van der Waals surface area contributed by atoms with Gasteiger partial charge in [-0.15, -0.1) is 0 Å². The smallest absolute Gasteiger partial charge is 0.275 e. The Kier molecular flexibility index (Phi) is 5.66. The van der Waals surface area contributed by atoms with Crippen molar-refractivity contribution in [3.05, 3.63) is 48.0 Å².